The van der Waals surface area contributed by atoms with Crippen molar-refractivity contribution < 1.29 is 9.72 Å². The van der Waals surface area contributed by atoms with E-state index in [0.717, 1.165) is 81.0 Å². The molecule has 1 aromatic heterocycles. The predicted octanol–water partition coefficient (Wildman–Crippen LogP) is 6.63. The molecule has 39 heavy (non-hydrogen) atoms. The average molecular weight is 534 g/mol. The molecular weight excluding hydrogens is 490 g/mol. The van der Waals surface area contributed by atoms with Crippen molar-refractivity contribution in [2.75, 3.05) is 32.7 Å². The molecule has 0 aliphatic carbocycles. The zero-order valence-electron chi connectivity index (χ0n) is 23.9. The summed E-state index contributed by atoms with van der Waals surface area (Å²) in [5, 5.41) is 11.2. The van der Waals surface area contributed by atoms with Crippen LogP contribution in [0.2, 0.25) is 0 Å². The average Bonchev–Trinajstić information content (AvgIpc) is 3.56. The van der Waals surface area contributed by atoms with Gasteiger partial charge in [0.25, 0.3) is 11.6 Å². The maximum atomic E-state index is 13.7. The van der Waals surface area contributed by atoms with Crippen LogP contribution >= 0.6 is 0 Å². The third kappa shape index (κ3) is 7.44. The first-order chi connectivity index (χ1) is 18.7. The van der Waals surface area contributed by atoms with Crippen LogP contribution in [0.25, 0.3) is 22.4 Å². The second kappa shape index (κ2) is 13.2. The summed E-state index contributed by atoms with van der Waals surface area (Å²) in [6.07, 6.45) is 5.45. The first-order valence-electron chi connectivity index (χ1n) is 14.5. The molecule has 1 fully saturated rings. The number of non-ortho nitro benzene ring substituents is 1. The van der Waals surface area contributed by atoms with Crippen molar-refractivity contribution in [1.82, 2.24) is 19.4 Å². The summed E-state index contributed by atoms with van der Waals surface area (Å²) < 4.78 is 2.19. The van der Waals surface area contributed by atoms with Gasteiger partial charge in [-0.1, -0.05) is 27.7 Å². The van der Waals surface area contributed by atoms with E-state index in [-0.39, 0.29) is 16.5 Å². The number of benzene rings is 2. The van der Waals surface area contributed by atoms with E-state index in [4.69, 9.17) is 4.98 Å². The number of imidazole rings is 1. The molecule has 8 nitrogen and oxygen atoms in total. The number of carbonyl (C=O) groups is 1. The Kier molecular flexibility index (Phi) is 9.73. The highest BCUT2D eigenvalue weighted by Gasteiger charge is 2.20. The fourth-order valence-electron chi connectivity index (χ4n) is 5.22. The van der Waals surface area contributed by atoms with E-state index in [1.807, 2.05) is 23.1 Å². The molecule has 0 spiro atoms. The lowest BCUT2D eigenvalue weighted by molar-refractivity contribution is -0.384. The van der Waals surface area contributed by atoms with Gasteiger partial charge in [-0.05, 0) is 93.9 Å². The van der Waals surface area contributed by atoms with E-state index in [1.54, 1.807) is 12.1 Å². The number of aryl methyl sites for hydroxylation is 1. The quantitative estimate of drug-likeness (QED) is 0.182. The lowest BCUT2D eigenvalue weighted by Gasteiger charge is -2.25. The van der Waals surface area contributed by atoms with Crippen LogP contribution in [0, 0.1) is 22.0 Å². The Hall–Kier alpha value is -3.26. The number of hydrogen-bond donors (Lipinski definition) is 0. The molecular formula is C31H43N5O3. The topological polar surface area (TPSA) is 84.5 Å². The molecule has 0 radical (unpaired) electrons. The lowest BCUT2D eigenvalue weighted by Crippen LogP contribution is -2.34. The molecule has 0 unspecified atom stereocenters. The second-order valence-electron chi connectivity index (χ2n) is 11.7. The molecule has 3 aromatic rings. The highest BCUT2D eigenvalue weighted by Crippen LogP contribution is 2.28. The smallest absolute Gasteiger partial charge is 0.269 e. The van der Waals surface area contributed by atoms with Crippen molar-refractivity contribution >= 4 is 22.6 Å². The Morgan fingerprint density at radius 3 is 2.21 bits per heavy atom. The summed E-state index contributed by atoms with van der Waals surface area (Å²) in [4.78, 5) is 34.0. The molecule has 0 atom stereocenters. The minimum Gasteiger partial charge on any atom is -0.339 e. The number of aromatic nitrogens is 2. The Balaban J connectivity index is 1.67. The van der Waals surface area contributed by atoms with Gasteiger partial charge >= 0.3 is 0 Å². The van der Waals surface area contributed by atoms with Crippen LogP contribution in [-0.2, 0) is 6.54 Å². The van der Waals surface area contributed by atoms with Crippen LogP contribution in [-0.4, -0.2) is 62.9 Å². The van der Waals surface area contributed by atoms with Crippen LogP contribution in [0.15, 0.2) is 42.5 Å². The normalized spacial score (nSPS) is 14.1. The second-order valence-corrected chi connectivity index (χ2v) is 11.7. The summed E-state index contributed by atoms with van der Waals surface area (Å²) in [5.41, 5.74) is 3.35. The van der Waals surface area contributed by atoms with Gasteiger partial charge in [0.05, 0.1) is 16.0 Å². The number of carbonyl (C=O) groups excluding carboxylic acids is 1. The molecule has 1 aliphatic heterocycles. The number of fused-ring (bicyclic) bond motifs is 1. The molecule has 8 heteroatoms. The molecule has 1 aliphatic rings. The summed E-state index contributed by atoms with van der Waals surface area (Å²) >= 11 is 0. The van der Waals surface area contributed by atoms with E-state index in [0.29, 0.717) is 17.4 Å². The predicted molar refractivity (Wildman–Crippen MR) is 157 cm³/mol. The first-order valence-corrected chi connectivity index (χ1v) is 14.5. The van der Waals surface area contributed by atoms with Gasteiger partial charge in [-0.25, -0.2) is 4.98 Å². The van der Waals surface area contributed by atoms with Crippen molar-refractivity contribution in [2.45, 2.75) is 66.3 Å². The largest absolute Gasteiger partial charge is 0.339 e. The van der Waals surface area contributed by atoms with E-state index < -0.39 is 0 Å². The van der Waals surface area contributed by atoms with Crippen molar-refractivity contribution in [1.29, 1.82) is 0 Å². The molecule has 210 valence electrons. The van der Waals surface area contributed by atoms with Crippen molar-refractivity contribution in [3.05, 3.63) is 58.1 Å². The number of nitrogens with zero attached hydrogens (tertiary/aromatic N) is 5. The highest BCUT2D eigenvalue weighted by atomic mass is 16.6. The van der Waals surface area contributed by atoms with Crippen LogP contribution in [0.1, 0.15) is 70.2 Å². The number of nitro groups is 1. The molecule has 4 rings (SSSR count). The molecule has 0 N–H and O–H groups in total. The van der Waals surface area contributed by atoms with Crippen molar-refractivity contribution in [3.8, 4) is 11.4 Å². The standard InChI is InChI=1S/C31H43N5O3/c1-23(2)14-20-34(21-15-24(3)4)31(37)26-10-13-28-29(22-26)35(19-7-18-33-16-5-6-17-33)30(32-28)25-8-11-27(12-9-25)36(38)39/h8-13,22-24H,5-7,14-21H2,1-4H3. The highest BCUT2D eigenvalue weighted by molar-refractivity contribution is 5.98. The van der Waals surface area contributed by atoms with Gasteiger partial charge in [0.15, 0.2) is 0 Å². The van der Waals surface area contributed by atoms with Gasteiger partial charge in [0.2, 0.25) is 0 Å². The fourth-order valence-corrected chi connectivity index (χ4v) is 5.22. The number of hydrogen-bond acceptors (Lipinski definition) is 5. The summed E-state index contributed by atoms with van der Waals surface area (Å²) in [7, 11) is 0. The number of nitro benzene ring substituents is 1. The first kappa shape index (κ1) is 28.7. The summed E-state index contributed by atoms with van der Waals surface area (Å²) in [6, 6.07) is 12.4. The third-order valence-electron chi connectivity index (χ3n) is 7.63. The van der Waals surface area contributed by atoms with Gasteiger partial charge in [-0.3, -0.25) is 14.9 Å². The van der Waals surface area contributed by atoms with E-state index in [1.165, 1.54) is 25.0 Å². The number of likely N-dealkylation sites (tertiary alicyclic amines) is 1. The minimum atomic E-state index is -0.384. The lowest BCUT2D eigenvalue weighted by atomic mass is 10.1. The van der Waals surface area contributed by atoms with Gasteiger partial charge in [0.1, 0.15) is 5.82 Å². The van der Waals surface area contributed by atoms with Crippen molar-refractivity contribution in [3.63, 3.8) is 0 Å². The van der Waals surface area contributed by atoms with Crippen LogP contribution < -0.4 is 0 Å². The van der Waals surface area contributed by atoms with Gasteiger partial charge < -0.3 is 14.4 Å². The van der Waals surface area contributed by atoms with Crippen LogP contribution in [0.5, 0.6) is 0 Å². The zero-order chi connectivity index (χ0) is 27.9. The summed E-state index contributed by atoms with van der Waals surface area (Å²) in [5.74, 6) is 1.91. The fraction of sp³-hybridized carbons (Fsp3) is 0.548. The molecule has 2 aromatic carbocycles. The molecule has 0 bridgehead atoms. The van der Waals surface area contributed by atoms with Gasteiger partial charge in [0, 0.05) is 42.9 Å². The van der Waals surface area contributed by atoms with Crippen molar-refractivity contribution in [2.24, 2.45) is 11.8 Å². The van der Waals surface area contributed by atoms with Crippen LogP contribution in [0.4, 0.5) is 5.69 Å². The van der Waals surface area contributed by atoms with E-state index in [9.17, 15) is 14.9 Å². The van der Waals surface area contributed by atoms with E-state index >= 15 is 0 Å². The number of amides is 1. The zero-order valence-corrected chi connectivity index (χ0v) is 23.9. The summed E-state index contributed by atoms with van der Waals surface area (Å²) in [6.45, 7) is 14.4. The Morgan fingerprint density at radius 2 is 1.62 bits per heavy atom. The molecule has 0 saturated carbocycles. The van der Waals surface area contributed by atoms with Gasteiger partial charge in [-0.2, -0.15) is 0 Å². The maximum absolute atomic E-state index is 13.7. The maximum Gasteiger partial charge on any atom is 0.269 e. The van der Waals surface area contributed by atoms with Gasteiger partial charge in [-0.15, -0.1) is 0 Å². The SMILES string of the molecule is CC(C)CCN(CCC(C)C)C(=O)c1ccc2nc(-c3ccc([N+](=O)[O-])cc3)n(CCCN3CCCC3)c2c1. The third-order valence-corrected chi connectivity index (χ3v) is 7.63. The Morgan fingerprint density at radius 1 is 0.974 bits per heavy atom. The molecule has 1 saturated heterocycles. The van der Waals surface area contributed by atoms with E-state index in [2.05, 4.69) is 37.2 Å². The minimum absolute atomic E-state index is 0.0613. The Bertz CT molecular complexity index is 1250. The Labute approximate surface area is 232 Å². The monoisotopic (exact) mass is 533 g/mol. The molecule has 2 heterocycles. The number of rotatable bonds is 13. The molecule has 1 amide bonds. The van der Waals surface area contributed by atoms with Crippen LogP contribution in [0.3, 0.4) is 0 Å².